The molecule has 7 nitrogen and oxygen atoms in total. The summed E-state index contributed by atoms with van der Waals surface area (Å²) in [6, 6.07) is -1.28. The fourth-order valence-corrected chi connectivity index (χ4v) is 8.88. The first-order valence-electron chi connectivity index (χ1n) is 13.2. The molecule has 1 N–H and O–H groups in total. The molecule has 8 atom stereocenters. The van der Waals surface area contributed by atoms with E-state index in [9.17, 15) is 19.5 Å². The molecule has 3 heterocycles. The first-order valence-corrected chi connectivity index (χ1v) is 14.1. The minimum absolute atomic E-state index is 0.0116. The van der Waals surface area contributed by atoms with E-state index in [1.165, 1.54) is 0 Å². The first kappa shape index (κ1) is 28.8. The summed E-state index contributed by atoms with van der Waals surface area (Å²) in [5, 5.41) is 10.4. The van der Waals surface area contributed by atoms with E-state index in [1.807, 2.05) is 34.6 Å². The van der Waals surface area contributed by atoms with E-state index in [-0.39, 0.29) is 48.1 Å². The highest BCUT2D eigenvalue weighted by Crippen LogP contribution is 2.69. The van der Waals surface area contributed by atoms with Gasteiger partial charge in [-0.3, -0.25) is 14.4 Å². The van der Waals surface area contributed by atoms with Gasteiger partial charge < -0.3 is 19.6 Å². The van der Waals surface area contributed by atoms with Crippen LogP contribution < -0.4 is 0 Å². The van der Waals surface area contributed by atoms with Crippen LogP contribution in [0.1, 0.15) is 60.8 Å². The molecule has 3 rings (SSSR count). The number of ether oxygens (including phenoxy) is 1. The van der Waals surface area contributed by atoms with Gasteiger partial charge in [0.1, 0.15) is 6.04 Å². The van der Waals surface area contributed by atoms with Gasteiger partial charge in [-0.2, -0.15) is 0 Å². The zero-order chi connectivity index (χ0) is 27.0. The number of aliphatic hydroxyl groups is 1. The standard InChI is InChI=1S/C28H44N2O5S/c1-9-12-14-35-26(34)21-20-15-18(5)28(36-20)22(21)24(32)30(19(16-31)17(4)11-3)23(28)25(33)29(13-10-2)27(6,7)8/h9-10,17-23,31H,1-2,11-16H2,3-8H3/t17-,18?,19-,20-,21+,22-,23?,28?/m0/s1. The molecular weight excluding hydrogens is 476 g/mol. The number of amides is 2. The van der Waals surface area contributed by atoms with Crippen LogP contribution in [-0.4, -0.2) is 80.1 Å². The zero-order valence-electron chi connectivity index (χ0n) is 22.7. The molecule has 2 amide bonds. The maximum absolute atomic E-state index is 14.5. The van der Waals surface area contributed by atoms with Crippen molar-refractivity contribution in [2.75, 3.05) is 19.8 Å². The van der Waals surface area contributed by atoms with Crippen LogP contribution in [0.25, 0.3) is 0 Å². The van der Waals surface area contributed by atoms with Gasteiger partial charge in [0.05, 0.1) is 35.8 Å². The average Bonchev–Trinajstić information content (AvgIpc) is 3.41. The van der Waals surface area contributed by atoms with Crippen LogP contribution in [0.4, 0.5) is 0 Å². The van der Waals surface area contributed by atoms with Crippen molar-refractivity contribution >= 4 is 29.5 Å². The Hall–Kier alpha value is -1.80. The third-order valence-electron chi connectivity index (χ3n) is 8.49. The lowest BCUT2D eigenvalue weighted by Crippen LogP contribution is -2.62. The number of hydrogen-bond acceptors (Lipinski definition) is 6. The molecule has 0 saturated carbocycles. The SMILES string of the molecule is C=CCCOC(=O)[C@@H]1[C@@H]2CC(C)C3(S2)C(C(=O)N(CC=C)C(C)(C)C)N([C@@H](CO)[C@@H](C)CC)C(=O)[C@H]13. The summed E-state index contributed by atoms with van der Waals surface area (Å²) in [5.41, 5.74) is -0.493. The average molecular weight is 521 g/mol. The van der Waals surface area contributed by atoms with Gasteiger partial charge in [0.25, 0.3) is 0 Å². The Kier molecular flexibility index (Phi) is 8.71. The molecule has 1 spiro atoms. The van der Waals surface area contributed by atoms with Gasteiger partial charge in [0, 0.05) is 17.3 Å². The van der Waals surface area contributed by atoms with Gasteiger partial charge in [0.2, 0.25) is 11.8 Å². The minimum Gasteiger partial charge on any atom is -0.465 e. The fourth-order valence-electron chi connectivity index (χ4n) is 6.49. The second-order valence-electron chi connectivity index (χ2n) is 11.6. The normalized spacial score (nSPS) is 32.7. The third-order valence-corrected chi connectivity index (χ3v) is 10.6. The topological polar surface area (TPSA) is 87.2 Å². The molecule has 3 saturated heterocycles. The number of hydrogen-bond donors (Lipinski definition) is 1. The number of thioether (sulfide) groups is 1. The molecule has 36 heavy (non-hydrogen) atoms. The molecule has 0 aromatic rings. The third kappa shape index (κ3) is 4.53. The summed E-state index contributed by atoms with van der Waals surface area (Å²) in [6.07, 6.45) is 5.45. The molecule has 3 unspecified atom stereocenters. The lowest BCUT2D eigenvalue weighted by molar-refractivity contribution is -0.155. The highest BCUT2D eigenvalue weighted by atomic mass is 32.2. The lowest BCUT2D eigenvalue weighted by atomic mass is 9.66. The molecule has 0 aliphatic carbocycles. The van der Waals surface area contributed by atoms with Crippen LogP contribution in [0.5, 0.6) is 0 Å². The van der Waals surface area contributed by atoms with Gasteiger partial charge in [-0.15, -0.1) is 24.9 Å². The van der Waals surface area contributed by atoms with Gasteiger partial charge in [-0.05, 0) is 45.4 Å². The van der Waals surface area contributed by atoms with Crippen molar-refractivity contribution in [3.8, 4) is 0 Å². The van der Waals surface area contributed by atoms with Crippen molar-refractivity contribution < 1.29 is 24.2 Å². The summed E-state index contributed by atoms with van der Waals surface area (Å²) in [5.74, 6) is -1.90. The number of fused-ring (bicyclic) bond motifs is 1. The van der Waals surface area contributed by atoms with Crippen molar-refractivity contribution in [3.63, 3.8) is 0 Å². The van der Waals surface area contributed by atoms with Crippen molar-refractivity contribution in [2.45, 2.75) is 88.4 Å². The second-order valence-corrected chi connectivity index (χ2v) is 13.1. The first-order chi connectivity index (χ1) is 16.9. The van der Waals surface area contributed by atoms with E-state index in [0.29, 0.717) is 13.0 Å². The predicted molar refractivity (Wildman–Crippen MR) is 143 cm³/mol. The molecule has 0 radical (unpaired) electrons. The molecule has 3 fully saturated rings. The number of carbonyl (C=O) groups is 3. The predicted octanol–water partition coefficient (Wildman–Crippen LogP) is 3.66. The van der Waals surface area contributed by atoms with Crippen molar-refractivity contribution in [1.82, 2.24) is 9.80 Å². The Morgan fingerprint density at radius 2 is 2.00 bits per heavy atom. The maximum atomic E-state index is 14.5. The Morgan fingerprint density at radius 3 is 2.53 bits per heavy atom. The highest BCUT2D eigenvalue weighted by Gasteiger charge is 2.77. The van der Waals surface area contributed by atoms with E-state index >= 15 is 0 Å². The van der Waals surface area contributed by atoms with E-state index in [4.69, 9.17) is 4.74 Å². The summed E-state index contributed by atoms with van der Waals surface area (Å²) >= 11 is 1.63. The Balaban J connectivity index is 2.15. The number of aliphatic hydroxyl groups excluding tert-OH is 1. The maximum Gasteiger partial charge on any atom is 0.310 e. The lowest BCUT2D eigenvalue weighted by Gasteiger charge is -2.45. The van der Waals surface area contributed by atoms with E-state index < -0.39 is 34.2 Å². The van der Waals surface area contributed by atoms with Crippen LogP contribution >= 0.6 is 11.8 Å². The monoisotopic (exact) mass is 520 g/mol. The van der Waals surface area contributed by atoms with Crippen LogP contribution in [0.2, 0.25) is 0 Å². The molecule has 3 aliphatic heterocycles. The molecule has 2 bridgehead atoms. The Bertz CT molecular complexity index is 886. The molecular formula is C28H44N2O5S. The molecule has 3 aliphatic rings. The van der Waals surface area contributed by atoms with Gasteiger partial charge in [-0.25, -0.2) is 0 Å². The molecule has 0 aromatic carbocycles. The minimum atomic E-state index is -0.767. The van der Waals surface area contributed by atoms with Crippen molar-refractivity contribution in [1.29, 1.82) is 0 Å². The van der Waals surface area contributed by atoms with Crippen LogP contribution in [0.15, 0.2) is 25.3 Å². The zero-order valence-corrected chi connectivity index (χ0v) is 23.6. The molecule has 8 heteroatoms. The number of esters is 1. The molecule has 202 valence electrons. The summed E-state index contributed by atoms with van der Waals surface area (Å²) in [7, 11) is 0. The van der Waals surface area contributed by atoms with Crippen LogP contribution in [0, 0.1) is 23.7 Å². The second kappa shape index (κ2) is 10.9. The number of likely N-dealkylation sites (tertiary alicyclic amines) is 1. The molecule has 0 aromatic heterocycles. The largest absolute Gasteiger partial charge is 0.465 e. The van der Waals surface area contributed by atoms with Gasteiger partial charge in [-0.1, -0.05) is 39.3 Å². The Morgan fingerprint density at radius 1 is 1.33 bits per heavy atom. The van der Waals surface area contributed by atoms with Gasteiger partial charge in [0.15, 0.2) is 0 Å². The highest BCUT2D eigenvalue weighted by molar-refractivity contribution is 8.02. The fraction of sp³-hybridized carbons (Fsp3) is 0.750. The van der Waals surface area contributed by atoms with Crippen LogP contribution in [-0.2, 0) is 19.1 Å². The van der Waals surface area contributed by atoms with Crippen LogP contribution in [0.3, 0.4) is 0 Å². The summed E-state index contributed by atoms with van der Waals surface area (Å²) < 4.78 is 4.84. The number of rotatable bonds is 11. The number of carbonyl (C=O) groups excluding carboxylic acids is 3. The summed E-state index contributed by atoms with van der Waals surface area (Å²) in [6.45, 7) is 19.9. The van der Waals surface area contributed by atoms with Crippen molar-refractivity contribution in [3.05, 3.63) is 25.3 Å². The van der Waals surface area contributed by atoms with E-state index in [0.717, 1.165) is 12.8 Å². The van der Waals surface area contributed by atoms with E-state index in [2.05, 4.69) is 20.1 Å². The summed E-state index contributed by atoms with van der Waals surface area (Å²) in [4.78, 5) is 45.6. The smallest absolute Gasteiger partial charge is 0.310 e. The number of nitrogens with zero attached hydrogens (tertiary/aromatic N) is 2. The van der Waals surface area contributed by atoms with Crippen molar-refractivity contribution in [2.24, 2.45) is 23.7 Å². The quantitative estimate of drug-likeness (QED) is 0.254. The Labute approximate surface area is 220 Å². The van der Waals surface area contributed by atoms with Gasteiger partial charge >= 0.3 is 5.97 Å². The van der Waals surface area contributed by atoms with E-state index in [1.54, 1.807) is 33.7 Å².